The van der Waals surface area contributed by atoms with Gasteiger partial charge in [0.25, 0.3) is 0 Å². The average molecular weight is 320 g/mol. The summed E-state index contributed by atoms with van der Waals surface area (Å²) in [6.07, 6.45) is 1.57. The third kappa shape index (κ3) is 3.90. The topological polar surface area (TPSA) is 38.1 Å². The summed E-state index contributed by atoms with van der Waals surface area (Å²) in [4.78, 5) is 14.6. The predicted octanol–water partition coefficient (Wildman–Crippen LogP) is 2.13. The lowest BCUT2D eigenvalue weighted by atomic mass is 10.2. The number of Topliss-reactive ketones (excluding diaryl/α,β-unsaturated/α-hetero) is 1. The Morgan fingerprint density at radius 2 is 2.37 bits per heavy atom. The van der Waals surface area contributed by atoms with Gasteiger partial charge in [-0.2, -0.15) is 16.9 Å². The number of aromatic nitrogens is 2. The Kier molecular flexibility index (Phi) is 5.62. The van der Waals surface area contributed by atoms with Gasteiger partial charge in [0.2, 0.25) is 0 Å². The molecule has 1 aliphatic rings. The van der Waals surface area contributed by atoms with E-state index in [1.54, 1.807) is 22.6 Å². The van der Waals surface area contributed by atoms with Crippen LogP contribution in [-0.2, 0) is 6.54 Å². The van der Waals surface area contributed by atoms with Crippen LogP contribution in [0.15, 0.2) is 6.20 Å². The van der Waals surface area contributed by atoms with Gasteiger partial charge in [0.15, 0.2) is 5.78 Å². The second-order valence-corrected chi connectivity index (χ2v) is 7.53. The third-order valence-corrected chi connectivity index (χ3v) is 5.93. The van der Waals surface area contributed by atoms with E-state index in [0.29, 0.717) is 17.3 Å². The molecule has 106 valence electrons. The van der Waals surface area contributed by atoms with Crippen molar-refractivity contribution < 1.29 is 4.79 Å². The van der Waals surface area contributed by atoms with E-state index in [0.717, 1.165) is 23.8 Å². The zero-order valence-corrected chi connectivity index (χ0v) is 13.5. The first-order valence-corrected chi connectivity index (χ1v) is 8.77. The van der Waals surface area contributed by atoms with Crippen molar-refractivity contribution in [3.8, 4) is 0 Å². The van der Waals surface area contributed by atoms with Crippen LogP contribution < -0.4 is 0 Å². The number of hydrogen-bond acceptors (Lipinski definition) is 5. The summed E-state index contributed by atoms with van der Waals surface area (Å²) >= 11 is 9.71. The summed E-state index contributed by atoms with van der Waals surface area (Å²) in [5, 5.41) is 4.72. The van der Waals surface area contributed by atoms with Crippen LogP contribution in [0.2, 0.25) is 5.02 Å². The lowest BCUT2D eigenvalue weighted by Gasteiger charge is -2.20. The van der Waals surface area contributed by atoms with Gasteiger partial charge in [-0.15, -0.1) is 11.8 Å². The van der Waals surface area contributed by atoms with Gasteiger partial charge in [0, 0.05) is 23.8 Å². The number of nitrogens with zero attached hydrogens (tertiary/aromatic N) is 3. The fraction of sp³-hybridized carbons (Fsp3) is 0.667. The molecule has 0 saturated carbocycles. The van der Waals surface area contributed by atoms with Crippen molar-refractivity contribution in [1.82, 2.24) is 14.7 Å². The number of carbonyl (C=O) groups excluding carboxylic acids is 1. The molecular formula is C12H18ClN3OS2. The fourth-order valence-corrected chi connectivity index (χ4v) is 4.71. The van der Waals surface area contributed by atoms with Crippen molar-refractivity contribution >= 4 is 40.9 Å². The lowest BCUT2D eigenvalue weighted by Crippen LogP contribution is -2.28. The molecule has 7 heteroatoms. The van der Waals surface area contributed by atoms with Crippen LogP contribution in [0.1, 0.15) is 10.5 Å². The van der Waals surface area contributed by atoms with E-state index in [2.05, 4.69) is 10.00 Å². The summed E-state index contributed by atoms with van der Waals surface area (Å²) in [7, 11) is 4.00. The Morgan fingerprint density at radius 1 is 1.58 bits per heavy atom. The zero-order chi connectivity index (χ0) is 13.8. The van der Waals surface area contributed by atoms with Gasteiger partial charge >= 0.3 is 0 Å². The van der Waals surface area contributed by atoms with Crippen LogP contribution >= 0.6 is 35.1 Å². The van der Waals surface area contributed by atoms with Crippen LogP contribution in [0.5, 0.6) is 0 Å². The van der Waals surface area contributed by atoms with Gasteiger partial charge in [0.05, 0.1) is 23.0 Å². The van der Waals surface area contributed by atoms with E-state index in [4.69, 9.17) is 11.6 Å². The molecule has 1 aliphatic heterocycles. The summed E-state index contributed by atoms with van der Waals surface area (Å²) < 4.78 is 1.74. The highest BCUT2D eigenvalue weighted by Gasteiger charge is 2.28. The van der Waals surface area contributed by atoms with Crippen LogP contribution in [0, 0.1) is 0 Å². The van der Waals surface area contributed by atoms with E-state index in [1.807, 2.05) is 25.9 Å². The number of hydrogen-bond donors (Lipinski definition) is 0. The van der Waals surface area contributed by atoms with E-state index in [9.17, 15) is 4.79 Å². The summed E-state index contributed by atoms with van der Waals surface area (Å²) in [6.45, 7) is 1.52. The number of ketones is 1. The minimum Gasteiger partial charge on any atom is -0.308 e. The largest absolute Gasteiger partial charge is 0.308 e. The highest BCUT2D eigenvalue weighted by molar-refractivity contribution is 8.07. The highest BCUT2D eigenvalue weighted by atomic mass is 35.5. The van der Waals surface area contributed by atoms with Gasteiger partial charge in [-0.05, 0) is 14.1 Å². The van der Waals surface area contributed by atoms with E-state index in [-0.39, 0.29) is 11.0 Å². The van der Waals surface area contributed by atoms with Gasteiger partial charge in [0.1, 0.15) is 5.69 Å². The lowest BCUT2D eigenvalue weighted by molar-refractivity contribution is 0.0984. The second kappa shape index (κ2) is 7.02. The van der Waals surface area contributed by atoms with Crippen molar-refractivity contribution in [1.29, 1.82) is 0 Å². The molecule has 1 unspecified atom stereocenters. The standard InChI is InChI=1S/C12H18ClN3OS2/c1-15(2)3-4-16-11(9(13)7-14-16)12(17)10-8-18-5-6-19-10/h7,10H,3-6,8H2,1-2H3. The molecule has 0 N–H and O–H groups in total. The Bertz CT molecular complexity index is 444. The summed E-state index contributed by atoms with van der Waals surface area (Å²) in [5.41, 5.74) is 0.573. The van der Waals surface area contributed by atoms with Gasteiger partial charge in [-0.3, -0.25) is 9.48 Å². The Morgan fingerprint density at radius 3 is 3.00 bits per heavy atom. The number of halogens is 1. The van der Waals surface area contributed by atoms with Gasteiger partial charge < -0.3 is 4.90 Å². The molecule has 0 spiro atoms. The summed E-state index contributed by atoms with van der Waals surface area (Å²) in [5.74, 6) is 3.16. The normalized spacial score (nSPS) is 19.9. The smallest absolute Gasteiger partial charge is 0.196 e. The molecule has 19 heavy (non-hydrogen) atoms. The monoisotopic (exact) mass is 319 g/mol. The van der Waals surface area contributed by atoms with E-state index >= 15 is 0 Å². The van der Waals surface area contributed by atoms with E-state index in [1.165, 1.54) is 0 Å². The number of likely N-dealkylation sites (N-methyl/N-ethyl adjacent to an activating group) is 1. The first-order valence-electron chi connectivity index (χ1n) is 6.19. The molecular weight excluding hydrogens is 302 g/mol. The first kappa shape index (κ1) is 15.2. The van der Waals surface area contributed by atoms with Gasteiger partial charge in [-0.25, -0.2) is 0 Å². The van der Waals surface area contributed by atoms with Gasteiger partial charge in [-0.1, -0.05) is 11.6 Å². The maximum atomic E-state index is 12.6. The molecule has 1 fully saturated rings. The Labute approximate surface area is 127 Å². The molecule has 0 bridgehead atoms. The number of carbonyl (C=O) groups is 1. The molecule has 0 aromatic carbocycles. The minimum atomic E-state index is 0.0195. The molecule has 1 saturated heterocycles. The van der Waals surface area contributed by atoms with Crippen molar-refractivity contribution in [2.75, 3.05) is 37.9 Å². The Balaban J connectivity index is 2.13. The first-order chi connectivity index (χ1) is 9.09. The SMILES string of the molecule is CN(C)CCn1ncc(Cl)c1C(=O)C1CSCCS1. The molecule has 2 rings (SSSR count). The molecule has 4 nitrogen and oxygen atoms in total. The molecule has 0 amide bonds. The fourth-order valence-electron chi connectivity index (χ4n) is 1.86. The van der Waals surface area contributed by atoms with Crippen LogP contribution in [0.3, 0.4) is 0 Å². The molecule has 1 atom stereocenters. The maximum Gasteiger partial charge on any atom is 0.196 e. The van der Waals surface area contributed by atoms with Crippen LogP contribution in [0.25, 0.3) is 0 Å². The molecule has 0 aliphatic carbocycles. The van der Waals surface area contributed by atoms with Crippen molar-refractivity contribution in [3.05, 3.63) is 16.9 Å². The molecule has 1 aromatic heterocycles. The third-order valence-electron chi connectivity index (χ3n) is 2.90. The van der Waals surface area contributed by atoms with Crippen LogP contribution in [0.4, 0.5) is 0 Å². The molecule has 1 aromatic rings. The molecule has 2 heterocycles. The second-order valence-electron chi connectivity index (χ2n) is 4.67. The maximum absolute atomic E-state index is 12.6. The highest BCUT2D eigenvalue weighted by Crippen LogP contribution is 2.29. The predicted molar refractivity (Wildman–Crippen MR) is 83.7 cm³/mol. The van der Waals surface area contributed by atoms with Crippen molar-refractivity contribution in [2.45, 2.75) is 11.8 Å². The quantitative estimate of drug-likeness (QED) is 0.777. The Hall–Kier alpha value is -0.170. The summed E-state index contributed by atoms with van der Waals surface area (Å²) in [6, 6.07) is 0. The van der Waals surface area contributed by atoms with Crippen molar-refractivity contribution in [2.24, 2.45) is 0 Å². The van der Waals surface area contributed by atoms with Crippen molar-refractivity contribution in [3.63, 3.8) is 0 Å². The van der Waals surface area contributed by atoms with E-state index < -0.39 is 0 Å². The minimum absolute atomic E-state index is 0.0195. The zero-order valence-electron chi connectivity index (χ0n) is 11.1. The van der Waals surface area contributed by atoms with Crippen LogP contribution in [-0.4, -0.2) is 63.6 Å². The average Bonchev–Trinajstić information content (AvgIpc) is 2.78. The molecule has 0 radical (unpaired) electrons. The number of rotatable bonds is 5. The number of thioether (sulfide) groups is 2.